The number of aliphatic hydroxyl groups is 1. The van der Waals surface area contributed by atoms with Crippen LogP contribution in [0.4, 0.5) is 0 Å². The highest BCUT2D eigenvalue weighted by molar-refractivity contribution is 5.66. The summed E-state index contributed by atoms with van der Waals surface area (Å²) in [5.41, 5.74) is -0.709. The van der Waals surface area contributed by atoms with Crippen LogP contribution < -0.4 is 0 Å². The number of ether oxygens (including phenoxy) is 1. The Bertz CT molecular complexity index is 545. The topological polar surface area (TPSA) is 66.8 Å². The third-order valence-electron chi connectivity index (χ3n) is 6.91. The van der Waals surface area contributed by atoms with Crippen LogP contribution in [0, 0.1) is 17.8 Å². The Labute approximate surface area is 163 Å². The fraction of sp³-hybridized carbons (Fsp3) is 0.783. The molecule has 2 N–H and O–H groups in total. The molecule has 0 aromatic heterocycles. The van der Waals surface area contributed by atoms with Crippen LogP contribution in [0.25, 0.3) is 0 Å². The highest BCUT2D eigenvalue weighted by Crippen LogP contribution is 2.46. The smallest absolute Gasteiger partial charge is 0.303 e. The molecular formula is C23H36O4. The summed E-state index contributed by atoms with van der Waals surface area (Å²) in [6.45, 7) is 1.98. The fourth-order valence-electron chi connectivity index (χ4n) is 5.26. The standard InChI is InChI=1S/C23H36O4/c1-23(26,17-9-5-4-6-10-17)16-15-19-18(20-13-14-21(19)27-20)11-7-2-3-8-12-22(24)25/h2,7,15-21,26H,3-6,8-14H2,1H3,(H,24,25)/b7-2-,16-15+/t18-,19-,20+,21-,23?/m0/s1. The van der Waals surface area contributed by atoms with Gasteiger partial charge in [-0.1, -0.05) is 43.6 Å². The van der Waals surface area contributed by atoms with Gasteiger partial charge in [0.15, 0.2) is 0 Å². The summed E-state index contributed by atoms with van der Waals surface area (Å²) in [7, 11) is 0. The lowest BCUT2D eigenvalue weighted by molar-refractivity contribution is -0.137. The SMILES string of the molecule is CC(O)(/C=C/[C@H]1[C@H](C/C=C\CCCC(=O)O)[C@H]2CC[C@@H]1O2)C1CCCCC1. The maximum atomic E-state index is 11.0. The molecule has 2 aliphatic heterocycles. The molecule has 3 rings (SSSR count). The zero-order valence-corrected chi connectivity index (χ0v) is 16.7. The van der Waals surface area contributed by atoms with E-state index in [1.165, 1.54) is 19.3 Å². The van der Waals surface area contributed by atoms with Crippen molar-refractivity contribution in [1.82, 2.24) is 0 Å². The molecular weight excluding hydrogens is 340 g/mol. The zero-order valence-electron chi connectivity index (χ0n) is 16.7. The Kier molecular flexibility index (Phi) is 7.16. The molecule has 0 radical (unpaired) electrons. The minimum Gasteiger partial charge on any atom is -0.481 e. The van der Waals surface area contributed by atoms with Crippen LogP contribution in [0.2, 0.25) is 0 Å². The average molecular weight is 377 g/mol. The van der Waals surface area contributed by atoms with E-state index in [1.807, 2.05) is 6.92 Å². The van der Waals surface area contributed by atoms with Gasteiger partial charge in [-0.2, -0.15) is 0 Å². The van der Waals surface area contributed by atoms with Gasteiger partial charge in [0.05, 0.1) is 17.8 Å². The van der Waals surface area contributed by atoms with E-state index in [-0.39, 0.29) is 6.42 Å². The highest BCUT2D eigenvalue weighted by Gasteiger charge is 2.47. The Morgan fingerprint density at radius 1 is 1.11 bits per heavy atom. The normalized spacial score (nSPS) is 33.9. The van der Waals surface area contributed by atoms with Crippen molar-refractivity contribution >= 4 is 5.97 Å². The molecule has 2 saturated heterocycles. The van der Waals surface area contributed by atoms with Gasteiger partial charge in [0.2, 0.25) is 0 Å². The predicted octanol–water partition coefficient (Wildman–Crippen LogP) is 4.87. The van der Waals surface area contributed by atoms with Gasteiger partial charge in [-0.05, 0) is 63.7 Å². The van der Waals surface area contributed by atoms with Crippen molar-refractivity contribution < 1.29 is 19.7 Å². The van der Waals surface area contributed by atoms with Crippen LogP contribution in [0.15, 0.2) is 24.3 Å². The van der Waals surface area contributed by atoms with Crippen molar-refractivity contribution in [2.24, 2.45) is 17.8 Å². The van der Waals surface area contributed by atoms with Crippen LogP contribution in [-0.4, -0.2) is 34.0 Å². The summed E-state index contributed by atoms with van der Waals surface area (Å²) >= 11 is 0. The summed E-state index contributed by atoms with van der Waals surface area (Å²) in [4.78, 5) is 10.6. The monoisotopic (exact) mass is 376 g/mol. The van der Waals surface area contributed by atoms with E-state index < -0.39 is 11.6 Å². The van der Waals surface area contributed by atoms with Crippen molar-refractivity contribution in [3.05, 3.63) is 24.3 Å². The predicted molar refractivity (Wildman–Crippen MR) is 106 cm³/mol. The Hall–Kier alpha value is -1.13. The molecule has 1 aliphatic carbocycles. The van der Waals surface area contributed by atoms with Crippen LogP contribution in [0.3, 0.4) is 0 Å². The minimum absolute atomic E-state index is 0.239. The number of hydrogen-bond acceptors (Lipinski definition) is 3. The van der Waals surface area contributed by atoms with Crippen LogP contribution in [-0.2, 0) is 9.53 Å². The molecule has 2 bridgehead atoms. The van der Waals surface area contributed by atoms with E-state index >= 15 is 0 Å². The zero-order chi connectivity index (χ0) is 19.3. The summed E-state index contributed by atoms with van der Waals surface area (Å²) in [5, 5.41) is 19.7. The first-order valence-corrected chi connectivity index (χ1v) is 10.9. The second kappa shape index (κ2) is 9.38. The Morgan fingerprint density at radius 3 is 2.59 bits per heavy atom. The second-order valence-corrected chi connectivity index (χ2v) is 8.94. The van der Waals surface area contributed by atoms with E-state index in [9.17, 15) is 9.90 Å². The molecule has 0 spiro atoms. The van der Waals surface area contributed by atoms with Gasteiger partial charge < -0.3 is 14.9 Å². The molecule has 0 amide bonds. The van der Waals surface area contributed by atoms with Gasteiger partial charge in [0.25, 0.3) is 0 Å². The number of aliphatic carboxylic acids is 1. The molecule has 1 unspecified atom stereocenters. The maximum Gasteiger partial charge on any atom is 0.303 e. The number of carboxylic acid groups (broad SMARTS) is 1. The highest BCUT2D eigenvalue weighted by atomic mass is 16.5. The molecule has 5 atom stereocenters. The molecule has 4 heteroatoms. The quantitative estimate of drug-likeness (QED) is 0.445. The first-order valence-electron chi connectivity index (χ1n) is 10.9. The van der Waals surface area contributed by atoms with Gasteiger partial charge in [-0.3, -0.25) is 4.79 Å². The van der Waals surface area contributed by atoms with Crippen molar-refractivity contribution in [2.45, 2.75) is 95.4 Å². The molecule has 3 fully saturated rings. The number of carbonyl (C=O) groups is 1. The van der Waals surface area contributed by atoms with Crippen molar-refractivity contribution in [1.29, 1.82) is 0 Å². The molecule has 0 aromatic rings. The molecule has 1 saturated carbocycles. The average Bonchev–Trinajstić information content (AvgIpc) is 3.25. The van der Waals surface area contributed by atoms with Crippen molar-refractivity contribution in [2.75, 3.05) is 0 Å². The second-order valence-electron chi connectivity index (χ2n) is 8.94. The number of allylic oxidation sites excluding steroid dienone is 2. The first-order chi connectivity index (χ1) is 13.0. The minimum atomic E-state index is -0.722. The first kappa shape index (κ1) is 20.6. The lowest BCUT2D eigenvalue weighted by atomic mass is 9.74. The van der Waals surface area contributed by atoms with Crippen molar-refractivity contribution in [3.8, 4) is 0 Å². The van der Waals surface area contributed by atoms with Gasteiger partial charge in [0.1, 0.15) is 0 Å². The number of rotatable bonds is 9. The summed E-state index contributed by atoms with van der Waals surface area (Å²) in [6.07, 6.45) is 20.4. The van der Waals surface area contributed by atoms with E-state index in [2.05, 4.69) is 24.3 Å². The molecule has 4 nitrogen and oxygen atoms in total. The Balaban J connectivity index is 1.54. The molecule has 152 valence electrons. The van der Waals surface area contributed by atoms with E-state index in [0.717, 1.165) is 38.5 Å². The molecule has 27 heavy (non-hydrogen) atoms. The number of hydrogen-bond donors (Lipinski definition) is 2. The van der Waals surface area contributed by atoms with Gasteiger partial charge in [-0.15, -0.1) is 0 Å². The van der Waals surface area contributed by atoms with Crippen molar-refractivity contribution in [3.63, 3.8) is 0 Å². The fourth-order valence-corrected chi connectivity index (χ4v) is 5.26. The van der Waals surface area contributed by atoms with Gasteiger partial charge in [0, 0.05) is 12.3 Å². The molecule has 0 aromatic carbocycles. The van der Waals surface area contributed by atoms with Gasteiger partial charge >= 0.3 is 5.97 Å². The lowest BCUT2D eigenvalue weighted by Crippen LogP contribution is -2.34. The van der Waals surface area contributed by atoms with E-state index in [1.54, 1.807) is 0 Å². The van der Waals surface area contributed by atoms with Crippen LogP contribution in [0.1, 0.15) is 77.6 Å². The van der Waals surface area contributed by atoms with E-state index in [0.29, 0.717) is 36.4 Å². The van der Waals surface area contributed by atoms with Crippen LogP contribution >= 0.6 is 0 Å². The summed E-state index contributed by atoms with van der Waals surface area (Å²) in [6, 6.07) is 0. The maximum absolute atomic E-state index is 11.0. The molecule has 3 aliphatic rings. The van der Waals surface area contributed by atoms with Gasteiger partial charge in [-0.25, -0.2) is 0 Å². The van der Waals surface area contributed by atoms with E-state index in [4.69, 9.17) is 9.84 Å². The Morgan fingerprint density at radius 2 is 1.85 bits per heavy atom. The summed E-state index contributed by atoms with van der Waals surface area (Å²) in [5.74, 6) is 0.537. The molecule has 2 heterocycles. The van der Waals surface area contributed by atoms with Crippen LogP contribution in [0.5, 0.6) is 0 Å². The third kappa shape index (κ3) is 5.45. The summed E-state index contributed by atoms with van der Waals surface area (Å²) < 4.78 is 6.17. The number of fused-ring (bicyclic) bond motifs is 2. The third-order valence-corrected chi connectivity index (χ3v) is 6.91. The largest absolute Gasteiger partial charge is 0.481 e. The number of unbranched alkanes of at least 4 members (excludes halogenated alkanes) is 1. The lowest BCUT2D eigenvalue weighted by Gasteiger charge is -2.34. The number of carboxylic acids is 1.